The Balaban J connectivity index is 1.75. The van der Waals surface area contributed by atoms with E-state index in [4.69, 9.17) is 0 Å². The SMILES string of the molecule is Cc1cc2ccccn2c1C(=O)C(=O)N1CCCc2ccccc21. The molecule has 0 aliphatic carbocycles. The highest BCUT2D eigenvalue weighted by atomic mass is 16.2. The van der Waals surface area contributed by atoms with Crippen LogP contribution < -0.4 is 4.90 Å². The second-order valence-electron chi connectivity index (χ2n) is 6.19. The number of hydrogen-bond acceptors (Lipinski definition) is 2. The summed E-state index contributed by atoms with van der Waals surface area (Å²) in [5, 5.41) is 0. The number of hydrogen-bond donors (Lipinski definition) is 0. The maximum absolute atomic E-state index is 12.9. The molecule has 3 aromatic rings. The summed E-state index contributed by atoms with van der Waals surface area (Å²) in [7, 11) is 0. The number of amides is 1. The van der Waals surface area contributed by atoms with Gasteiger partial charge in [-0.05, 0) is 55.2 Å². The molecular formula is C20H18N2O2. The fourth-order valence-electron chi connectivity index (χ4n) is 3.51. The molecule has 3 heterocycles. The van der Waals surface area contributed by atoms with Gasteiger partial charge in [0.2, 0.25) is 0 Å². The average molecular weight is 318 g/mol. The minimum Gasteiger partial charge on any atom is -0.313 e. The van der Waals surface area contributed by atoms with Gasteiger partial charge in [-0.25, -0.2) is 0 Å². The Morgan fingerprint density at radius 1 is 1.04 bits per heavy atom. The molecule has 1 aliphatic rings. The molecule has 0 spiro atoms. The highest BCUT2D eigenvalue weighted by molar-refractivity contribution is 6.47. The summed E-state index contributed by atoms with van der Waals surface area (Å²) in [4.78, 5) is 27.5. The number of ketones is 1. The molecule has 120 valence electrons. The van der Waals surface area contributed by atoms with E-state index in [0.717, 1.165) is 35.2 Å². The van der Waals surface area contributed by atoms with Gasteiger partial charge in [-0.15, -0.1) is 0 Å². The number of benzene rings is 1. The van der Waals surface area contributed by atoms with Crippen molar-refractivity contribution in [1.29, 1.82) is 0 Å². The third-order valence-corrected chi connectivity index (χ3v) is 4.63. The van der Waals surface area contributed by atoms with Crippen molar-refractivity contribution >= 4 is 22.9 Å². The quantitative estimate of drug-likeness (QED) is 0.537. The molecule has 4 rings (SSSR count). The van der Waals surface area contributed by atoms with Gasteiger partial charge in [-0.1, -0.05) is 24.3 Å². The number of aromatic nitrogens is 1. The summed E-state index contributed by atoms with van der Waals surface area (Å²) in [6.07, 6.45) is 3.65. The minimum absolute atomic E-state index is 0.449. The van der Waals surface area contributed by atoms with Crippen LogP contribution in [0.3, 0.4) is 0 Å². The predicted octanol–water partition coefficient (Wildman–Crippen LogP) is 3.41. The number of Topliss-reactive ketones (excluding diaryl/α,β-unsaturated/α-hetero) is 1. The van der Waals surface area contributed by atoms with E-state index in [0.29, 0.717) is 12.2 Å². The predicted molar refractivity (Wildman–Crippen MR) is 93.6 cm³/mol. The Morgan fingerprint density at radius 3 is 2.71 bits per heavy atom. The zero-order chi connectivity index (χ0) is 16.7. The summed E-state index contributed by atoms with van der Waals surface area (Å²) in [6.45, 7) is 2.46. The summed E-state index contributed by atoms with van der Waals surface area (Å²) in [6, 6.07) is 15.5. The lowest BCUT2D eigenvalue weighted by atomic mass is 10.0. The van der Waals surface area contributed by atoms with Crippen molar-refractivity contribution in [2.75, 3.05) is 11.4 Å². The van der Waals surface area contributed by atoms with Crippen LogP contribution in [0.2, 0.25) is 0 Å². The topological polar surface area (TPSA) is 41.8 Å². The number of pyridine rings is 1. The normalized spacial score (nSPS) is 13.8. The van der Waals surface area contributed by atoms with E-state index in [9.17, 15) is 9.59 Å². The molecule has 1 aliphatic heterocycles. The summed E-state index contributed by atoms with van der Waals surface area (Å²) < 4.78 is 1.80. The van der Waals surface area contributed by atoms with E-state index in [1.165, 1.54) is 0 Å². The van der Waals surface area contributed by atoms with Crippen LogP contribution in [-0.4, -0.2) is 22.6 Å². The number of aryl methyl sites for hydroxylation is 2. The first-order valence-corrected chi connectivity index (χ1v) is 8.17. The molecule has 0 atom stereocenters. The van der Waals surface area contributed by atoms with Gasteiger partial charge in [0, 0.05) is 23.9 Å². The molecule has 0 saturated carbocycles. The van der Waals surface area contributed by atoms with Gasteiger partial charge in [-0.3, -0.25) is 9.59 Å². The molecule has 24 heavy (non-hydrogen) atoms. The van der Waals surface area contributed by atoms with Crippen molar-refractivity contribution in [3.05, 3.63) is 71.5 Å². The van der Waals surface area contributed by atoms with Crippen LogP contribution in [-0.2, 0) is 11.2 Å². The van der Waals surface area contributed by atoms with Crippen molar-refractivity contribution in [1.82, 2.24) is 4.40 Å². The molecule has 0 unspecified atom stereocenters. The molecule has 1 aromatic carbocycles. The zero-order valence-electron chi connectivity index (χ0n) is 13.5. The van der Waals surface area contributed by atoms with Gasteiger partial charge >= 0.3 is 5.91 Å². The fourth-order valence-corrected chi connectivity index (χ4v) is 3.51. The Morgan fingerprint density at radius 2 is 1.83 bits per heavy atom. The fraction of sp³-hybridized carbons (Fsp3) is 0.200. The second kappa shape index (κ2) is 5.64. The van der Waals surface area contributed by atoms with Crippen LogP contribution in [0.1, 0.15) is 28.0 Å². The number of rotatable bonds is 2. The van der Waals surface area contributed by atoms with Crippen molar-refractivity contribution in [3.63, 3.8) is 0 Å². The van der Waals surface area contributed by atoms with Crippen LogP contribution in [0.5, 0.6) is 0 Å². The maximum Gasteiger partial charge on any atom is 0.300 e. The first kappa shape index (κ1) is 14.7. The first-order chi connectivity index (χ1) is 11.7. The molecule has 0 N–H and O–H groups in total. The maximum atomic E-state index is 12.9. The lowest BCUT2D eigenvalue weighted by molar-refractivity contribution is -0.114. The molecule has 0 radical (unpaired) electrons. The number of carbonyl (C=O) groups excluding carboxylic acids is 2. The lowest BCUT2D eigenvalue weighted by Gasteiger charge is -2.28. The molecule has 2 aromatic heterocycles. The van der Waals surface area contributed by atoms with Crippen LogP contribution in [0.25, 0.3) is 5.52 Å². The number of nitrogens with zero attached hydrogens (tertiary/aromatic N) is 2. The molecule has 0 bridgehead atoms. The van der Waals surface area contributed by atoms with Crippen LogP contribution in [0.4, 0.5) is 5.69 Å². The summed E-state index contributed by atoms with van der Waals surface area (Å²) >= 11 is 0. The van der Waals surface area contributed by atoms with Gasteiger partial charge in [0.1, 0.15) is 5.69 Å². The second-order valence-corrected chi connectivity index (χ2v) is 6.19. The van der Waals surface area contributed by atoms with E-state index >= 15 is 0 Å². The Hall–Kier alpha value is -2.88. The largest absolute Gasteiger partial charge is 0.313 e. The van der Waals surface area contributed by atoms with Crippen molar-refractivity contribution in [3.8, 4) is 0 Å². The average Bonchev–Trinajstić information content (AvgIpc) is 2.95. The van der Waals surface area contributed by atoms with Gasteiger partial charge in [0.25, 0.3) is 5.78 Å². The van der Waals surface area contributed by atoms with Crippen molar-refractivity contribution in [2.24, 2.45) is 0 Å². The highest BCUT2D eigenvalue weighted by Gasteiger charge is 2.30. The third kappa shape index (κ3) is 2.22. The number of fused-ring (bicyclic) bond motifs is 2. The van der Waals surface area contributed by atoms with Gasteiger partial charge < -0.3 is 9.30 Å². The Bertz CT molecular complexity index is 955. The van der Waals surface area contributed by atoms with Crippen LogP contribution in [0, 0.1) is 6.92 Å². The molecule has 1 amide bonds. The zero-order valence-corrected chi connectivity index (χ0v) is 13.5. The minimum atomic E-state index is -0.450. The van der Waals surface area contributed by atoms with Crippen LogP contribution in [0.15, 0.2) is 54.7 Å². The van der Waals surface area contributed by atoms with Gasteiger partial charge in [0.05, 0.1) is 0 Å². The number of carbonyl (C=O) groups is 2. The standard InChI is InChI=1S/C20H18N2O2/c1-14-13-16-9-4-5-11-21(16)18(14)19(23)20(24)22-12-6-8-15-7-2-3-10-17(15)22/h2-5,7,9-11,13H,6,8,12H2,1H3. The van der Waals surface area contributed by atoms with Crippen molar-refractivity contribution < 1.29 is 9.59 Å². The third-order valence-electron chi connectivity index (χ3n) is 4.63. The molecule has 0 fully saturated rings. The van der Waals surface area contributed by atoms with Crippen LogP contribution >= 0.6 is 0 Å². The Labute approximate surface area is 140 Å². The van der Waals surface area contributed by atoms with E-state index < -0.39 is 11.7 Å². The van der Waals surface area contributed by atoms with Crippen molar-refractivity contribution in [2.45, 2.75) is 19.8 Å². The molecule has 4 heteroatoms. The summed E-state index contributed by atoms with van der Waals surface area (Å²) in [5.41, 5.74) is 4.19. The molecular weight excluding hydrogens is 300 g/mol. The lowest BCUT2D eigenvalue weighted by Crippen LogP contribution is -2.40. The molecule has 4 nitrogen and oxygen atoms in total. The Kier molecular flexibility index (Phi) is 3.45. The van der Waals surface area contributed by atoms with Gasteiger partial charge in [-0.2, -0.15) is 0 Å². The van der Waals surface area contributed by atoms with E-state index in [2.05, 4.69) is 0 Å². The molecule has 0 saturated heterocycles. The van der Waals surface area contributed by atoms with Gasteiger partial charge in [0.15, 0.2) is 0 Å². The monoisotopic (exact) mass is 318 g/mol. The highest BCUT2D eigenvalue weighted by Crippen LogP contribution is 2.28. The summed E-state index contributed by atoms with van der Waals surface area (Å²) in [5.74, 6) is -0.899. The van der Waals surface area contributed by atoms with E-state index in [-0.39, 0.29) is 0 Å². The van der Waals surface area contributed by atoms with E-state index in [1.54, 1.807) is 9.30 Å². The smallest absolute Gasteiger partial charge is 0.300 e. The number of para-hydroxylation sites is 1. The van der Waals surface area contributed by atoms with E-state index in [1.807, 2.05) is 61.7 Å². The number of anilines is 1. The first-order valence-electron chi connectivity index (χ1n) is 8.17.